The normalized spacial score (nSPS) is 11.2. The number of furan rings is 1. The molecule has 0 atom stereocenters. The van der Waals surface area contributed by atoms with Crippen LogP contribution in [-0.2, 0) is 0 Å². The second kappa shape index (κ2) is 6.46. The Bertz CT molecular complexity index is 226. The van der Waals surface area contributed by atoms with Crippen molar-refractivity contribution in [3.8, 4) is 0 Å². The molecule has 0 aliphatic heterocycles. The molecule has 0 spiro atoms. The number of nitrogens with zero attached hydrogens (tertiary/aromatic N) is 1. The van der Waals surface area contributed by atoms with Crippen molar-refractivity contribution in [3.63, 3.8) is 0 Å². The van der Waals surface area contributed by atoms with Crippen molar-refractivity contribution in [1.29, 1.82) is 0 Å². The molecule has 2 heteroatoms. The predicted octanol–water partition coefficient (Wildman–Crippen LogP) is 3.28. The standard InChI is InChI=1S/C11H17NO/c1-2-3-4-5-7-12-9-11-6-8-13-10-11/h6,8-10H,2-5,7H2,1H3. The fourth-order valence-corrected chi connectivity index (χ4v) is 1.15. The summed E-state index contributed by atoms with van der Waals surface area (Å²) in [5.74, 6) is 0. The highest BCUT2D eigenvalue weighted by atomic mass is 16.3. The summed E-state index contributed by atoms with van der Waals surface area (Å²) in [6, 6.07) is 1.91. The van der Waals surface area contributed by atoms with Crippen molar-refractivity contribution in [1.82, 2.24) is 0 Å². The minimum atomic E-state index is 0.936. The number of rotatable bonds is 6. The van der Waals surface area contributed by atoms with Crippen LogP contribution in [0.5, 0.6) is 0 Å². The molecule has 0 aromatic carbocycles. The molecule has 0 saturated heterocycles. The lowest BCUT2D eigenvalue weighted by Crippen LogP contribution is -1.83. The van der Waals surface area contributed by atoms with Crippen molar-refractivity contribution in [3.05, 3.63) is 24.2 Å². The summed E-state index contributed by atoms with van der Waals surface area (Å²) in [6.45, 7) is 3.15. The van der Waals surface area contributed by atoms with Crippen LogP contribution in [0.1, 0.15) is 38.2 Å². The van der Waals surface area contributed by atoms with Crippen molar-refractivity contribution in [2.75, 3.05) is 6.54 Å². The van der Waals surface area contributed by atoms with E-state index in [0.29, 0.717) is 0 Å². The van der Waals surface area contributed by atoms with Crippen LogP contribution in [0.2, 0.25) is 0 Å². The van der Waals surface area contributed by atoms with Gasteiger partial charge in [-0.2, -0.15) is 0 Å². The van der Waals surface area contributed by atoms with Gasteiger partial charge in [0.1, 0.15) is 0 Å². The second-order valence-corrected chi connectivity index (χ2v) is 3.15. The summed E-state index contributed by atoms with van der Waals surface area (Å²) in [4.78, 5) is 4.30. The molecule has 0 bridgehead atoms. The summed E-state index contributed by atoms with van der Waals surface area (Å²) in [7, 11) is 0. The average Bonchev–Trinajstić information content (AvgIpc) is 2.63. The molecular formula is C11H17NO. The molecule has 1 rings (SSSR count). The van der Waals surface area contributed by atoms with Gasteiger partial charge in [-0.15, -0.1) is 0 Å². The number of aliphatic imine (C=N–C) groups is 1. The first-order chi connectivity index (χ1) is 6.43. The van der Waals surface area contributed by atoms with Crippen LogP contribution in [0.4, 0.5) is 0 Å². The largest absolute Gasteiger partial charge is 0.472 e. The van der Waals surface area contributed by atoms with Gasteiger partial charge in [0, 0.05) is 18.3 Å². The number of hydrogen-bond donors (Lipinski definition) is 0. The van der Waals surface area contributed by atoms with Crippen LogP contribution in [0.3, 0.4) is 0 Å². The fourth-order valence-electron chi connectivity index (χ4n) is 1.15. The zero-order valence-corrected chi connectivity index (χ0v) is 8.20. The zero-order valence-electron chi connectivity index (χ0n) is 8.20. The highest BCUT2D eigenvalue weighted by Crippen LogP contribution is 1.99. The molecule has 0 radical (unpaired) electrons. The second-order valence-electron chi connectivity index (χ2n) is 3.15. The molecule has 2 nitrogen and oxygen atoms in total. The summed E-state index contributed by atoms with van der Waals surface area (Å²) >= 11 is 0. The van der Waals surface area contributed by atoms with Gasteiger partial charge in [0.2, 0.25) is 0 Å². The van der Waals surface area contributed by atoms with Gasteiger partial charge in [-0.05, 0) is 12.5 Å². The predicted molar refractivity (Wildman–Crippen MR) is 55.3 cm³/mol. The van der Waals surface area contributed by atoms with Gasteiger partial charge in [-0.1, -0.05) is 26.2 Å². The number of hydrogen-bond acceptors (Lipinski definition) is 2. The summed E-state index contributed by atoms with van der Waals surface area (Å²) in [6.07, 6.45) is 10.3. The first kappa shape index (κ1) is 10.0. The Morgan fingerprint density at radius 2 is 2.31 bits per heavy atom. The maximum atomic E-state index is 4.92. The van der Waals surface area contributed by atoms with Gasteiger partial charge in [0.25, 0.3) is 0 Å². The third kappa shape index (κ3) is 4.51. The minimum absolute atomic E-state index is 0.936. The monoisotopic (exact) mass is 179 g/mol. The molecule has 1 heterocycles. The molecule has 1 aromatic heterocycles. The smallest absolute Gasteiger partial charge is 0.0990 e. The third-order valence-electron chi connectivity index (χ3n) is 1.92. The van der Waals surface area contributed by atoms with E-state index in [-0.39, 0.29) is 0 Å². The van der Waals surface area contributed by atoms with Gasteiger partial charge < -0.3 is 4.42 Å². The van der Waals surface area contributed by atoms with Gasteiger partial charge in [-0.3, -0.25) is 4.99 Å². The Balaban J connectivity index is 2.05. The first-order valence-electron chi connectivity index (χ1n) is 4.95. The van der Waals surface area contributed by atoms with E-state index in [9.17, 15) is 0 Å². The maximum Gasteiger partial charge on any atom is 0.0990 e. The van der Waals surface area contributed by atoms with Crippen LogP contribution < -0.4 is 0 Å². The Morgan fingerprint density at radius 1 is 1.38 bits per heavy atom. The van der Waals surface area contributed by atoms with Crippen LogP contribution in [-0.4, -0.2) is 12.8 Å². The van der Waals surface area contributed by atoms with E-state index < -0.39 is 0 Å². The van der Waals surface area contributed by atoms with Crippen molar-refractivity contribution in [2.45, 2.75) is 32.6 Å². The molecule has 0 N–H and O–H groups in total. The third-order valence-corrected chi connectivity index (χ3v) is 1.92. The fraction of sp³-hybridized carbons (Fsp3) is 0.545. The van der Waals surface area contributed by atoms with E-state index in [0.717, 1.165) is 12.1 Å². The van der Waals surface area contributed by atoms with E-state index in [4.69, 9.17) is 4.42 Å². The highest BCUT2D eigenvalue weighted by Gasteiger charge is 1.87. The molecule has 0 aliphatic rings. The zero-order chi connectivity index (χ0) is 9.36. The lowest BCUT2D eigenvalue weighted by atomic mass is 10.2. The number of unbranched alkanes of at least 4 members (excludes halogenated alkanes) is 3. The minimum Gasteiger partial charge on any atom is -0.472 e. The summed E-state index contributed by atoms with van der Waals surface area (Å²) < 4.78 is 4.92. The molecule has 0 amide bonds. The average molecular weight is 179 g/mol. The summed E-state index contributed by atoms with van der Waals surface area (Å²) in [5.41, 5.74) is 1.05. The van der Waals surface area contributed by atoms with Gasteiger partial charge in [-0.25, -0.2) is 0 Å². The Hall–Kier alpha value is -1.05. The topological polar surface area (TPSA) is 25.5 Å². The van der Waals surface area contributed by atoms with E-state index in [1.54, 1.807) is 12.5 Å². The molecule has 0 unspecified atom stereocenters. The quantitative estimate of drug-likeness (QED) is 0.486. The van der Waals surface area contributed by atoms with E-state index in [1.807, 2.05) is 12.3 Å². The maximum absolute atomic E-state index is 4.92. The molecule has 0 saturated carbocycles. The lowest BCUT2D eigenvalue weighted by molar-refractivity contribution is 0.567. The SMILES string of the molecule is CCCCCCN=Cc1ccoc1. The van der Waals surface area contributed by atoms with Gasteiger partial charge in [0.05, 0.1) is 12.5 Å². The van der Waals surface area contributed by atoms with Gasteiger partial charge in [0.15, 0.2) is 0 Å². The van der Waals surface area contributed by atoms with Gasteiger partial charge >= 0.3 is 0 Å². The molecule has 0 aliphatic carbocycles. The van der Waals surface area contributed by atoms with E-state index in [1.165, 1.54) is 25.7 Å². The lowest BCUT2D eigenvalue weighted by Gasteiger charge is -1.93. The molecular weight excluding hydrogens is 162 g/mol. The highest BCUT2D eigenvalue weighted by molar-refractivity contribution is 5.78. The van der Waals surface area contributed by atoms with Crippen LogP contribution in [0.25, 0.3) is 0 Å². The Labute approximate surface area is 79.7 Å². The molecule has 1 aromatic rings. The molecule has 0 fully saturated rings. The van der Waals surface area contributed by atoms with Crippen molar-refractivity contribution in [2.24, 2.45) is 4.99 Å². The van der Waals surface area contributed by atoms with E-state index >= 15 is 0 Å². The molecule has 13 heavy (non-hydrogen) atoms. The first-order valence-corrected chi connectivity index (χ1v) is 4.95. The van der Waals surface area contributed by atoms with Crippen LogP contribution >= 0.6 is 0 Å². The van der Waals surface area contributed by atoms with Crippen LogP contribution in [0, 0.1) is 0 Å². The summed E-state index contributed by atoms with van der Waals surface area (Å²) in [5, 5.41) is 0. The van der Waals surface area contributed by atoms with E-state index in [2.05, 4.69) is 11.9 Å². The molecule has 72 valence electrons. The Kier molecular flexibility index (Phi) is 4.99. The van der Waals surface area contributed by atoms with Crippen molar-refractivity contribution < 1.29 is 4.42 Å². The Morgan fingerprint density at radius 3 is 3.00 bits per heavy atom. The van der Waals surface area contributed by atoms with Crippen molar-refractivity contribution >= 4 is 6.21 Å². The van der Waals surface area contributed by atoms with Crippen LogP contribution in [0.15, 0.2) is 28.0 Å².